The number of hydrogen-bond acceptors (Lipinski definition) is 4. The Morgan fingerprint density at radius 2 is 1.65 bits per heavy atom. The number of fused-ring (bicyclic) bond motifs is 2. The minimum atomic E-state index is -0.274. The lowest BCUT2D eigenvalue weighted by molar-refractivity contribution is -0.118. The maximum absolute atomic E-state index is 13.2. The lowest BCUT2D eigenvalue weighted by Crippen LogP contribution is -2.26. The average Bonchev–Trinajstić information content (AvgIpc) is 3.24. The van der Waals surface area contributed by atoms with E-state index in [2.05, 4.69) is 10.6 Å². The molecule has 172 valence electrons. The van der Waals surface area contributed by atoms with Crippen molar-refractivity contribution in [1.29, 1.82) is 0 Å². The molecule has 0 aliphatic heterocycles. The van der Waals surface area contributed by atoms with Crippen molar-refractivity contribution < 1.29 is 14.3 Å². The molecule has 0 saturated heterocycles. The number of ether oxygens (including phenoxy) is 1. The molecule has 6 heteroatoms. The summed E-state index contributed by atoms with van der Waals surface area (Å²) in [5.41, 5.74) is 2.72. The monoisotopic (exact) mass is 470 g/mol. The Kier molecular flexibility index (Phi) is 6.58. The third kappa shape index (κ3) is 4.82. The average molecular weight is 471 g/mol. The zero-order valence-electron chi connectivity index (χ0n) is 18.8. The van der Waals surface area contributed by atoms with E-state index in [9.17, 15) is 9.59 Å². The first kappa shape index (κ1) is 22.2. The van der Waals surface area contributed by atoms with Gasteiger partial charge in [0, 0.05) is 16.8 Å². The van der Waals surface area contributed by atoms with E-state index in [0.717, 1.165) is 47.6 Å². The molecule has 2 N–H and O–H groups in total. The SMILES string of the molecule is O=C(COc1cccc2ccccc12)Nc1sc2c(c1C(=O)NCc1ccccc1)CCCC2. The van der Waals surface area contributed by atoms with Gasteiger partial charge in [-0.1, -0.05) is 66.7 Å². The van der Waals surface area contributed by atoms with E-state index in [1.165, 1.54) is 16.2 Å². The number of hydrogen-bond donors (Lipinski definition) is 2. The molecule has 1 aliphatic rings. The van der Waals surface area contributed by atoms with E-state index in [4.69, 9.17) is 4.74 Å². The van der Waals surface area contributed by atoms with E-state index < -0.39 is 0 Å². The molecule has 1 aliphatic carbocycles. The van der Waals surface area contributed by atoms with Crippen molar-refractivity contribution in [2.45, 2.75) is 32.2 Å². The van der Waals surface area contributed by atoms with Gasteiger partial charge >= 0.3 is 0 Å². The highest BCUT2D eigenvalue weighted by atomic mass is 32.1. The molecule has 5 rings (SSSR count). The molecule has 0 saturated carbocycles. The van der Waals surface area contributed by atoms with Crippen LogP contribution in [-0.4, -0.2) is 18.4 Å². The molecular weight excluding hydrogens is 444 g/mol. The largest absolute Gasteiger partial charge is 0.483 e. The topological polar surface area (TPSA) is 67.4 Å². The van der Waals surface area contributed by atoms with Gasteiger partial charge in [0.15, 0.2) is 6.61 Å². The molecule has 1 aromatic heterocycles. The van der Waals surface area contributed by atoms with Crippen LogP contribution < -0.4 is 15.4 Å². The molecule has 34 heavy (non-hydrogen) atoms. The van der Waals surface area contributed by atoms with Gasteiger partial charge in [-0.2, -0.15) is 0 Å². The third-order valence-electron chi connectivity index (χ3n) is 6.06. The quantitative estimate of drug-likeness (QED) is 0.363. The summed E-state index contributed by atoms with van der Waals surface area (Å²) in [6.07, 6.45) is 3.97. The summed E-state index contributed by atoms with van der Waals surface area (Å²) in [4.78, 5) is 27.2. The molecule has 5 nitrogen and oxygen atoms in total. The van der Waals surface area contributed by atoms with Crippen LogP contribution in [0.5, 0.6) is 5.75 Å². The summed E-state index contributed by atoms with van der Waals surface area (Å²) in [6, 6.07) is 23.5. The van der Waals surface area contributed by atoms with Crippen molar-refractivity contribution >= 4 is 38.9 Å². The number of rotatable bonds is 7. The van der Waals surface area contributed by atoms with Crippen LogP contribution in [0.3, 0.4) is 0 Å². The second-order valence-corrected chi connectivity index (χ2v) is 9.50. The van der Waals surface area contributed by atoms with E-state index >= 15 is 0 Å². The maximum Gasteiger partial charge on any atom is 0.262 e. The lowest BCUT2D eigenvalue weighted by atomic mass is 9.95. The number of aryl methyl sites for hydroxylation is 1. The van der Waals surface area contributed by atoms with E-state index in [0.29, 0.717) is 22.9 Å². The zero-order chi connectivity index (χ0) is 23.3. The van der Waals surface area contributed by atoms with Gasteiger partial charge in [0.1, 0.15) is 10.8 Å². The predicted molar refractivity (Wildman–Crippen MR) is 137 cm³/mol. The van der Waals surface area contributed by atoms with Gasteiger partial charge in [0.2, 0.25) is 0 Å². The predicted octanol–water partition coefficient (Wildman–Crippen LogP) is 5.73. The van der Waals surface area contributed by atoms with Crippen LogP contribution in [0.15, 0.2) is 72.8 Å². The minimum Gasteiger partial charge on any atom is -0.483 e. The fourth-order valence-corrected chi connectivity index (χ4v) is 5.69. The molecular formula is C28H26N2O3S. The zero-order valence-corrected chi connectivity index (χ0v) is 19.6. The van der Waals surface area contributed by atoms with Crippen molar-refractivity contribution in [3.05, 3.63) is 94.4 Å². The van der Waals surface area contributed by atoms with E-state index in [1.54, 1.807) is 0 Å². The van der Waals surface area contributed by atoms with Crippen LogP contribution in [-0.2, 0) is 24.2 Å². The van der Waals surface area contributed by atoms with Crippen LogP contribution >= 0.6 is 11.3 Å². The summed E-state index contributed by atoms with van der Waals surface area (Å²) < 4.78 is 5.85. The molecule has 4 aromatic rings. The van der Waals surface area contributed by atoms with Crippen LogP contribution in [0.4, 0.5) is 5.00 Å². The highest BCUT2D eigenvalue weighted by Gasteiger charge is 2.26. The maximum atomic E-state index is 13.2. The highest BCUT2D eigenvalue weighted by molar-refractivity contribution is 7.17. The first-order chi connectivity index (χ1) is 16.7. The molecule has 0 fully saturated rings. The van der Waals surface area contributed by atoms with Crippen molar-refractivity contribution in [2.24, 2.45) is 0 Å². The number of nitrogens with one attached hydrogen (secondary N) is 2. The van der Waals surface area contributed by atoms with Crippen LogP contribution in [0.25, 0.3) is 10.8 Å². The fourth-order valence-electron chi connectivity index (χ4n) is 4.39. The Bertz CT molecular complexity index is 1330. The fraction of sp³-hybridized carbons (Fsp3) is 0.214. The number of carbonyl (C=O) groups excluding carboxylic acids is 2. The van der Waals surface area contributed by atoms with Crippen molar-refractivity contribution in [3.8, 4) is 5.75 Å². The van der Waals surface area contributed by atoms with Crippen LogP contribution in [0.1, 0.15) is 39.2 Å². The molecule has 0 spiro atoms. The normalized spacial score (nSPS) is 12.7. The van der Waals surface area contributed by atoms with Gasteiger partial charge in [-0.3, -0.25) is 9.59 Å². The van der Waals surface area contributed by atoms with Crippen LogP contribution in [0, 0.1) is 0 Å². The molecule has 3 aromatic carbocycles. The second kappa shape index (κ2) is 10.1. The second-order valence-electron chi connectivity index (χ2n) is 8.40. The van der Waals surface area contributed by atoms with E-state index in [1.807, 2.05) is 72.8 Å². The number of carbonyl (C=O) groups is 2. The number of amides is 2. The molecule has 0 radical (unpaired) electrons. The first-order valence-electron chi connectivity index (χ1n) is 11.6. The van der Waals surface area contributed by atoms with E-state index in [-0.39, 0.29) is 18.4 Å². The summed E-state index contributed by atoms with van der Waals surface area (Å²) in [5.74, 6) is 0.247. The molecule has 2 amide bonds. The minimum absolute atomic E-state index is 0.123. The van der Waals surface area contributed by atoms with Gasteiger partial charge in [0.05, 0.1) is 5.56 Å². The molecule has 0 unspecified atom stereocenters. The Hall–Kier alpha value is -3.64. The van der Waals surface area contributed by atoms with Gasteiger partial charge in [-0.25, -0.2) is 0 Å². The smallest absolute Gasteiger partial charge is 0.262 e. The Morgan fingerprint density at radius 3 is 2.53 bits per heavy atom. The molecule has 0 atom stereocenters. The first-order valence-corrected chi connectivity index (χ1v) is 12.4. The van der Waals surface area contributed by atoms with Gasteiger partial charge in [0.25, 0.3) is 11.8 Å². The Balaban J connectivity index is 1.31. The summed E-state index contributed by atoms with van der Waals surface area (Å²) in [6.45, 7) is 0.323. The van der Waals surface area contributed by atoms with Gasteiger partial charge < -0.3 is 15.4 Å². The Labute approximate surface area is 202 Å². The van der Waals surface area contributed by atoms with Crippen molar-refractivity contribution in [1.82, 2.24) is 5.32 Å². The number of thiophene rings is 1. The van der Waals surface area contributed by atoms with Crippen LogP contribution in [0.2, 0.25) is 0 Å². The van der Waals surface area contributed by atoms with Gasteiger partial charge in [-0.05, 0) is 48.3 Å². The van der Waals surface area contributed by atoms with Crippen molar-refractivity contribution in [2.75, 3.05) is 11.9 Å². The molecule has 1 heterocycles. The van der Waals surface area contributed by atoms with Gasteiger partial charge in [-0.15, -0.1) is 11.3 Å². The number of anilines is 1. The highest BCUT2D eigenvalue weighted by Crippen LogP contribution is 2.38. The summed E-state index contributed by atoms with van der Waals surface area (Å²) >= 11 is 1.52. The van der Waals surface area contributed by atoms with Crippen molar-refractivity contribution in [3.63, 3.8) is 0 Å². The standard InChI is InChI=1S/C28H26N2O3S/c31-25(18-33-23-15-8-12-20-11-4-5-13-21(20)23)30-28-26(22-14-6-7-16-24(22)34-28)27(32)29-17-19-9-2-1-3-10-19/h1-5,8-13,15H,6-7,14,16-18H2,(H,29,32)(H,30,31). The number of benzene rings is 3. The third-order valence-corrected chi connectivity index (χ3v) is 7.26. The summed E-state index contributed by atoms with van der Waals surface area (Å²) in [7, 11) is 0. The Morgan fingerprint density at radius 1 is 0.882 bits per heavy atom. The summed E-state index contributed by atoms with van der Waals surface area (Å²) in [5, 5.41) is 8.62. The molecule has 0 bridgehead atoms. The lowest BCUT2D eigenvalue weighted by Gasteiger charge is -2.13.